The van der Waals surface area contributed by atoms with E-state index in [0.29, 0.717) is 6.29 Å². The zero-order chi connectivity index (χ0) is 18.1. The van der Waals surface area contributed by atoms with Gasteiger partial charge < -0.3 is 24.3 Å². The lowest BCUT2D eigenvalue weighted by molar-refractivity contribution is -0.169. The van der Waals surface area contributed by atoms with Crippen molar-refractivity contribution in [2.45, 2.75) is 64.8 Å². The Bertz CT molecular complexity index is 476. The molecule has 23 heavy (non-hydrogen) atoms. The first-order valence-electron chi connectivity index (χ1n) is 7.66. The van der Waals surface area contributed by atoms with Crippen molar-refractivity contribution in [1.82, 2.24) is 4.90 Å². The Hall–Kier alpha value is -1.63. The summed E-state index contributed by atoms with van der Waals surface area (Å²) in [6.07, 6.45) is -0.0936. The predicted molar refractivity (Wildman–Crippen MR) is 82.8 cm³/mol. The van der Waals surface area contributed by atoms with Crippen LogP contribution in [0, 0.1) is 5.92 Å². The third-order valence-electron chi connectivity index (χ3n) is 3.31. The van der Waals surface area contributed by atoms with Crippen molar-refractivity contribution in [1.29, 1.82) is 0 Å². The summed E-state index contributed by atoms with van der Waals surface area (Å²) in [7, 11) is 0. The Labute approximate surface area is 136 Å². The Morgan fingerprint density at radius 1 is 1.13 bits per heavy atom. The van der Waals surface area contributed by atoms with Crippen molar-refractivity contribution < 1.29 is 29.0 Å². The van der Waals surface area contributed by atoms with Crippen LogP contribution >= 0.6 is 0 Å². The summed E-state index contributed by atoms with van der Waals surface area (Å²) in [5.41, 5.74) is -3.06. The maximum atomic E-state index is 12.1. The molecule has 1 heterocycles. The second-order valence-electron chi connectivity index (χ2n) is 7.90. The SMILES string of the molecule is CC(C)(C)OC(=O)C(C=O)C1(O)CCN(C(=O)OC(C)(C)C)C1. The van der Waals surface area contributed by atoms with E-state index in [9.17, 15) is 19.5 Å². The number of rotatable bonds is 3. The van der Waals surface area contributed by atoms with Gasteiger partial charge in [-0.15, -0.1) is 0 Å². The summed E-state index contributed by atoms with van der Waals surface area (Å²) < 4.78 is 10.4. The molecule has 0 spiro atoms. The van der Waals surface area contributed by atoms with Crippen molar-refractivity contribution in [3.63, 3.8) is 0 Å². The molecule has 0 aromatic rings. The second-order valence-corrected chi connectivity index (χ2v) is 7.90. The molecule has 1 rings (SSSR count). The van der Waals surface area contributed by atoms with Gasteiger partial charge >= 0.3 is 12.1 Å². The maximum Gasteiger partial charge on any atom is 0.410 e. The van der Waals surface area contributed by atoms with Crippen molar-refractivity contribution in [3.05, 3.63) is 0 Å². The molecule has 2 atom stereocenters. The van der Waals surface area contributed by atoms with E-state index >= 15 is 0 Å². The standard InChI is InChI=1S/C16H27NO6/c1-14(2,3)22-12(19)11(9-18)16(21)7-8-17(10-16)13(20)23-15(4,5)6/h9,11,21H,7-8,10H2,1-6H3. The first-order chi connectivity index (χ1) is 10.3. The summed E-state index contributed by atoms with van der Waals surface area (Å²) in [6.45, 7) is 10.3. The number of β-amino-alcohol motifs (C(OH)–C–C–N with tert-alkyl or cyclic N) is 1. The van der Waals surface area contributed by atoms with Crippen molar-refractivity contribution >= 4 is 18.3 Å². The zero-order valence-corrected chi connectivity index (χ0v) is 14.7. The van der Waals surface area contributed by atoms with E-state index in [2.05, 4.69) is 0 Å². The second kappa shape index (κ2) is 6.47. The van der Waals surface area contributed by atoms with Gasteiger partial charge in [0, 0.05) is 6.54 Å². The number of carbonyl (C=O) groups is 3. The molecule has 0 saturated carbocycles. The van der Waals surface area contributed by atoms with Gasteiger partial charge in [-0.3, -0.25) is 4.79 Å². The van der Waals surface area contributed by atoms with E-state index in [0.717, 1.165) is 0 Å². The van der Waals surface area contributed by atoms with Gasteiger partial charge in [0.25, 0.3) is 0 Å². The van der Waals surface area contributed by atoms with Crippen molar-refractivity contribution in [3.8, 4) is 0 Å². The van der Waals surface area contributed by atoms with Crippen LogP contribution in [0.5, 0.6) is 0 Å². The monoisotopic (exact) mass is 329 g/mol. The minimum atomic E-state index is -1.64. The molecule has 1 aliphatic rings. The summed E-state index contributed by atoms with van der Waals surface area (Å²) in [4.78, 5) is 36.8. The van der Waals surface area contributed by atoms with Gasteiger partial charge in [-0.1, -0.05) is 0 Å². The van der Waals surface area contributed by atoms with Gasteiger partial charge in [-0.25, -0.2) is 4.79 Å². The average Bonchev–Trinajstić information content (AvgIpc) is 2.68. The fourth-order valence-electron chi connectivity index (χ4n) is 2.32. The highest BCUT2D eigenvalue weighted by molar-refractivity contribution is 5.90. The lowest BCUT2D eigenvalue weighted by Crippen LogP contribution is -2.48. The molecule has 2 unspecified atom stereocenters. The molecule has 7 nitrogen and oxygen atoms in total. The molecule has 1 aliphatic heterocycles. The average molecular weight is 329 g/mol. The van der Waals surface area contributed by atoms with Crippen LogP contribution in [0.25, 0.3) is 0 Å². The molecule has 0 aromatic carbocycles. The highest BCUT2D eigenvalue weighted by Crippen LogP contribution is 2.31. The highest BCUT2D eigenvalue weighted by Gasteiger charge is 2.49. The Kier molecular flexibility index (Phi) is 5.46. The van der Waals surface area contributed by atoms with Gasteiger partial charge in [0.15, 0.2) is 0 Å². The van der Waals surface area contributed by atoms with E-state index in [-0.39, 0.29) is 19.5 Å². The van der Waals surface area contributed by atoms with Crippen molar-refractivity contribution in [2.75, 3.05) is 13.1 Å². The molecular formula is C16H27NO6. The van der Waals surface area contributed by atoms with Crippen LogP contribution in [0.2, 0.25) is 0 Å². The quantitative estimate of drug-likeness (QED) is 0.479. The number of hydrogen-bond acceptors (Lipinski definition) is 6. The lowest BCUT2D eigenvalue weighted by Gasteiger charge is -2.30. The first-order valence-corrected chi connectivity index (χ1v) is 7.66. The number of ether oxygens (including phenoxy) is 2. The Morgan fingerprint density at radius 2 is 1.65 bits per heavy atom. The summed E-state index contributed by atoms with van der Waals surface area (Å²) >= 11 is 0. The highest BCUT2D eigenvalue weighted by atomic mass is 16.6. The number of likely N-dealkylation sites (tertiary alicyclic amines) is 1. The largest absolute Gasteiger partial charge is 0.459 e. The number of hydrogen-bond donors (Lipinski definition) is 1. The minimum absolute atomic E-state index is 0.106. The number of carbonyl (C=O) groups excluding carboxylic acids is 3. The fraction of sp³-hybridized carbons (Fsp3) is 0.812. The normalized spacial score (nSPS) is 23.3. The van der Waals surface area contributed by atoms with Gasteiger partial charge in [0.05, 0.1) is 6.54 Å². The van der Waals surface area contributed by atoms with E-state index < -0.39 is 34.8 Å². The maximum absolute atomic E-state index is 12.1. The molecular weight excluding hydrogens is 302 g/mol. The van der Waals surface area contributed by atoms with Gasteiger partial charge in [-0.05, 0) is 48.0 Å². The first kappa shape index (κ1) is 19.4. The number of amides is 1. The molecule has 0 aliphatic carbocycles. The molecule has 0 bridgehead atoms. The van der Waals surface area contributed by atoms with Gasteiger partial charge in [0.2, 0.25) is 0 Å². The predicted octanol–water partition coefficient (Wildman–Crippen LogP) is 1.52. The zero-order valence-electron chi connectivity index (χ0n) is 14.7. The molecule has 0 radical (unpaired) electrons. The van der Waals surface area contributed by atoms with Crippen LogP contribution in [0.1, 0.15) is 48.0 Å². The van der Waals surface area contributed by atoms with E-state index in [1.54, 1.807) is 41.5 Å². The van der Waals surface area contributed by atoms with Crippen LogP contribution in [0.3, 0.4) is 0 Å². The van der Waals surface area contributed by atoms with Crippen LogP contribution in [-0.2, 0) is 19.1 Å². The van der Waals surface area contributed by atoms with E-state index in [1.165, 1.54) is 4.90 Å². The summed E-state index contributed by atoms with van der Waals surface area (Å²) in [6, 6.07) is 0. The third-order valence-corrected chi connectivity index (χ3v) is 3.31. The smallest absolute Gasteiger partial charge is 0.410 e. The molecule has 1 amide bonds. The van der Waals surface area contributed by atoms with E-state index in [4.69, 9.17) is 9.47 Å². The summed E-state index contributed by atoms with van der Waals surface area (Å²) in [5.74, 6) is -2.13. The fourth-order valence-corrected chi connectivity index (χ4v) is 2.32. The number of aldehydes is 1. The van der Waals surface area contributed by atoms with Crippen LogP contribution < -0.4 is 0 Å². The van der Waals surface area contributed by atoms with Crippen molar-refractivity contribution in [2.24, 2.45) is 5.92 Å². The molecule has 0 aromatic heterocycles. The molecule has 132 valence electrons. The third kappa shape index (κ3) is 5.49. The molecule has 1 N–H and O–H groups in total. The van der Waals surface area contributed by atoms with Crippen LogP contribution in [0.4, 0.5) is 4.79 Å². The van der Waals surface area contributed by atoms with Crippen LogP contribution in [0.15, 0.2) is 0 Å². The molecule has 1 saturated heterocycles. The number of nitrogens with zero attached hydrogens (tertiary/aromatic N) is 1. The number of esters is 1. The van der Waals surface area contributed by atoms with Gasteiger partial charge in [-0.2, -0.15) is 0 Å². The summed E-state index contributed by atoms with van der Waals surface area (Å²) in [5, 5.41) is 10.7. The van der Waals surface area contributed by atoms with Gasteiger partial charge in [0.1, 0.15) is 29.0 Å². The molecule has 1 fully saturated rings. The number of aliphatic hydroxyl groups is 1. The van der Waals surface area contributed by atoms with E-state index in [1.807, 2.05) is 0 Å². The Balaban J connectivity index is 2.81. The van der Waals surface area contributed by atoms with Crippen LogP contribution in [-0.4, -0.2) is 58.2 Å². The molecule has 7 heteroatoms. The minimum Gasteiger partial charge on any atom is -0.459 e. The lowest BCUT2D eigenvalue weighted by atomic mass is 9.87. The Morgan fingerprint density at radius 3 is 2.09 bits per heavy atom. The topological polar surface area (TPSA) is 93.1 Å².